The second kappa shape index (κ2) is 7.40. The molecule has 0 atom stereocenters. The van der Waals surface area contributed by atoms with E-state index in [0.29, 0.717) is 32.1 Å². The molecule has 0 bridgehead atoms. The molecule has 7 heteroatoms. The molecule has 24 heavy (non-hydrogen) atoms. The predicted molar refractivity (Wildman–Crippen MR) is 91.3 cm³/mol. The Balaban J connectivity index is 1.60. The summed E-state index contributed by atoms with van der Waals surface area (Å²) in [5.41, 5.74) is 0.226. The van der Waals surface area contributed by atoms with Gasteiger partial charge in [0.15, 0.2) is 0 Å². The van der Waals surface area contributed by atoms with Crippen molar-refractivity contribution in [2.45, 2.75) is 0 Å². The zero-order valence-electron chi connectivity index (χ0n) is 12.9. The normalized spacial score (nSPS) is 15.1. The molecule has 2 heterocycles. The molecule has 2 aromatic rings. The van der Waals surface area contributed by atoms with E-state index in [1.807, 2.05) is 4.90 Å². The lowest BCUT2D eigenvalue weighted by atomic mass is 10.2. The highest BCUT2D eigenvalue weighted by Crippen LogP contribution is 2.20. The lowest BCUT2D eigenvalue weighted by Crippen LogP contribution is -2.48. The Kier molecular flexibility index (Phi) is 5.05. The van der Waals surface area contributed by atoms with E-state index < -0.39 is 5.82 Å². The zero-order valence-corrected chi connectivity index (χ0v) is 13.7. The molecule has 1 fully saturated rings. The van der Waals surface area contributed by atoms with Crippen molar-refractivity contribution < 1.29 is 9.18 Å². The number of halogens is 2. The van der Waals surface area contributed by atoms with Gasteiger partial charge in [-0.25, -0.2) is 14.4 Å². The van der Waals surface area contributed by atoms with E-state index >= 15 is 0 Å². The number of anilines is 1. The topological polar surface area (TPSA) is 49.3 Å². The number of benzene rings is 1. The summed E-state index contributed by atoms with van der Waals surface area (Å²) < 4.78 is 13.7. The molecule has 1 amide bonds. The Morgan fingerprint density at radius 3 is 2.50 bits per heavy atom. The quantitative estimate of drug-likeness (QED) is 0.802. The van der Waals surface area contributed by atoms with Gasteiger partial charge in [0.2, 0.25) is 11.9 Å². The molecule has 0 unspecified atom stereocenters. The highest BCUT2D eigenvalue weighted by Gasteiger charge is 2.21. The second-order valence-electron chi connectivity index (χ2n) is 5.33. The van der Waals surface area contributed by atoms with Gasteiger partial charge in [-0.05, 0) is 24.3 Å². The number of amides is 1. The summed E-state index contributed by atoms with van der Waals surface area (Å²) in [6.07, 6.45) is 6.17. The molecule has 0 spiro atoms. The Morgan fingerprint density at radius 2 is 1.83 bits per heavy atom. The van der Waals surface area contributed by atoms with Gasteiger partial charge >= 0.3 is 0 Å². The van der Waals surface area contributed by atoms with E-state index in [4.69, 9.17) is 11.6 Å². The number of nitrogens with zero attached hydrogens (tertiary/aromatic N) is 4. The second-order valence-corrected chi connectivity index (χ2v) is 5.74. The number of hydrogen-bond donors (Lipinski definition) is 0. The highest BCUT2D eigenvalue weighted by molar-refractivity contribution is 6.32. The van der Waals surface area contributed by atoms with Crippen molar-refractivity contribution >= 4 is 29.5 Å². The van der Waals surface area contributed by atoms with Crippen molar-refractivity contribution in [1.82, 2.24) is 14.9 Å². The number of carbonyl (C=O) groups excluding carboxylic acids is 1. The molecule has 3 rings (SSSR count). The van der Waals surface area contributed by atoms with Crippen LogP contribution in [0.2, 0.25) is 5.02 Å². The van der Waals surface area contributed by atoms with Crippen molar-refractivity contribution in [2.24, 2.45) is 0 Å². The molecule has 1 aromatic heterocycles. The molecule has 0 aliphatic carbocycles. The smallest absolute Gasteiger partial charge is 0.246 e. The minimum atomic E-state index is -0.447. The first kappa shape index (κ1) is 16.4. The molecule has 0 N–H and O–H groups in total. The average Bonchev–Trinajstić information content (AvgIpc) is 2.62. The van der Waals surface area contributed by atoms with Gasteiger partial charge in [0.25, 0.3) is 0 Å². The van der Waals surface area contributed by atoms with Crippen LogP contribution in [0.4, 0.5) is 10.3 Å². The largest absolute Gasteiger partial charge is 0.337 e. The fourth-order valence-corrected chi connectivity index (χ4v) is 2.74. The Morgan fingerprint density at radius 1 is 1.12 bits per heavy atom. The lowest BCUT2D eigenvalue weighted by molar-refractivity contribution is -0.126. The fraction of sp³-hybridized carbons (Fsp3) is 0.235. The SMILES string of the molecule is O=C(/C=C/c1c(F)cccc1Cl)N1CCN(c2ncccn2)CC1. The van der Waals surface area contributed by atoms with Crippen LogP contribution in [0.3, 0.4) is 0 Å². The maximum Gasteiger partial charge on any atom is 0.246 e. The summed E-state index contributed by atoms with van der Waals surface area (Å²) in [6.45, 7) is 2.44. The van der Waals surface area contributed by atoms with E-state index in [1.165, 1.54) is 24.3 Å². The van der Waals surface area contributed by atoms with E-state index in [1.54, 1.807) is 29.4 Å². The minimum Gasteiger partial charge on any atom is -0.337 e. The third-order valence-corrected chi connectivity index (χ3v) is 4.15. The van der Waals surface area contributed by atoms with Crippen molar-refractivity contribution in [3.05, 3.63) is 59.1 Å². The summed E-state index contributed by atoms with van der Waals surface area (Å²) in [6, 6.07) is 6.20. The molecule has 0 radical (unpaired) electrons. The predicted octanol–water partition coefficient (Wildman–Crippen LogP) is 2.63. The molecular formula is C17H16ClFN4O. The molecular weight excluding hydrogens is 331 g/mol. The van der Waals surface area contributed by atoms with Gasteiger partial charge in [0.1, 0.15) is 5.82 Å². The first-order chi connectivity index (χ1) is 11.6. The Hall–Kier alpha value is -2.47. The van der Waals surface area contributed by atoms with Crippen LogP contribution in [0.25, 0.3) is 6.08 Å². The van der Waals surface area contributed by atoms with E-state index in [2.05, 4.69) is 9.97 Å². The molecule has 1 saturated heterocycles. The molecule has 1 aromatic carbocycles. The Labute approximate surface area is 144 Å². The third-order valence-electron chi connectivity index (χ3n) is 3.82. The number of hydrogen-bond acceptors (Lipinski definition) is 4. The van der Waals surface area contributed by atoms with Crippen LogP contribution in [-0.2, 0) is 4.79 Å². The van der Waals surface area contributed by atoms with Gasteiger partial charge in [0.05, 0.1) is 5.02 Å². The van der Waals surface area contributed by atoms with E-state index in [9.17, 15) is 9.18 Å². The van der Waals surface area contributed by atoms with E-state index in [-0.39, 0.29) is 16.5 Å². The molecule has 1 aliphatic rings. The third kappa shape index (κ3) is 3.71. The number of rotatable bonds is 3. The summed E-state index contributed by atoms with van der Waals surface area (Å²) in [7, 11) is 0. The van der Waals surface area contributed by atoms with E-state index in [0.717, 1.165) is 0 Å². The van der Waals surface area contributed by atoms with Crippen LogP contribution in [0.1, 0.15) is 5.56 Å². The summed E-state index contributed by atoms with van der Waals surface area (Å²) >= 11 is 5.95. The van der Waals surface area contributed by atoms with Gasteiger partial charge < -0.3 is 9.80 Å². The van der Waals surface area contributed by atoms with Crippen LogP contribution in [0.15, 0.2) is 42.7 Å². The van der Waals surface area contributed by atoms with Gasteiger partial charge in [-0.2, -0.15) is 0 Å². The lowest BCUT2D eigenvalue weighted by Gasteiger charge is -2.34. The Bertz CT molecular complexity index is 725. The zero-order chi connectivity index (χ0) is 16.9. The maximum atomic E-state index is 13.7. The summed E-state index contributed by atoms with van der Waals surface area (Å²) in [4.78, 5) is 24.4. The number of aromatic nitrogens is 2. The molecule has 5 nitrogen and oxygen atoms in total. The summed E-state index contributed by atoms with van der Waals surface area (Å²) in [5, 5.41) is 0.282. The van der Waals surface area contributed by atoms with Gasteiger partial charge in [-0.15, -0.1) is 0 Å². The van der Waals surface area contributed by atoms with Gasteiger partial charge in [-0.3, -0.25) is 4.79 Å². The first-order valence-electron chi connectivity index (χ1n) is 7.58. The summed E-state index contributed by atoms with van der Waals surface area (Å²) in [5.74, 6) is 0.0545. The van der Waals surface area contributed by atoms with Crippen LogP contribution in [-0.4, -0.2) is 47.0 Å². The molecule has 0 saturated carbocycles. The van der Waals surface area contributed by atoms with Crippen LogP contribution in [0, 0.1) is 5.82 Å². The van der Waals surface area contributed by atoms with Crippen LogP contribution in [0.5, 0.6) is 0 Å². The minimum absolute atomic E-state index is 0.164. The fourth-order valence-electron chi connectivity index (χ4n) is 2.51. The first-order valence-corrected chi connectivity index (χ1v) is 7.96. The van der Waals surface area contributed by atoms with Crippen LogP contribution >= 0.6 is 11.6 Å². The monoisotopic (exact) mass is 346 g/mol. The molecule has 124 valence electrons. The maximum absolute atomic E-state index is 13.7. The van der Waals surface area contributed by atoms with Gasteiger partial charge in [0, 0.05) is 50.2 Å². The number of carbonyl (C=O) groups is 1. The highest BCUT2D eigenvalue weighted by atomic mass is 35.5. The van der Waals surface area contributed by atoms with Crippen LogP contribution < -0.4 is 4.90 Å². The van der Waals surface area contributed by atoms with Gasteiger partial charge in [-0.1, -0.05) is 17.7 Å². The van der Waals surface area contributed by atoms with Crippen molar-refractivity contribution in [1.29, 1.82) is 0 Å². The van der Waals surface area contributed by atoms with Crippen molar-refractivity contribution in [2.75, 3.05) is 31.1 Å². The standard InChI is InChI=1S/C17H16ClFN4O/c18-14-3-1-4-15(19)13(14)5-6-16(24)22-9-11-23(12-10-22)17-20-7-2-8-21-17/h1-8H,9-12H2/b6-5+. The average molecular weight is 347 g/mol. The number of piperazine rings is 1. The van der Waals surface area contributed by atoms with Crippen molar-refractivity contribution in [3.8, 4) is 0 Å². The molecule has 1 aliphatic heterocycles. The van der Waals surface area contributed by atoms with Crippen molar-refractivity contribution in [3.63, 3.8) is 0 Å².